The molecular weight excluding hydrogens is 360 g/mol. The Labute approximate surface area is 164 Å². The van der Waals surface area contributed by atoms with Crippen LogP contribution in [0.1, 0.15) is 19.4 Å². The number of halogens is 1. The zero-order valence-electron chi connectivity index (χ0n) is 15.7. The molecule has 0 bridgehead atoms. The van der Waals surface area contributed by atoms with E-state index < -0.39 is 0 Å². The summed E-state index contributed by atoms with van der Waals surface area (Å²) in [4.78, 5) is 6.78. The molecule has 2 aromatic carbocycles. The molecule has 3 aromatic rings. The highest BCUT2D eigenvalue weighted by atomic mass is 35.5. The second kappa shape index (κ2) is 8.68. The van der Waals surface area contributed by atoms with Crippen LogP contribution in [0.5, 0.6) is 0 Å². The fraction of sp³-hybridized carbons (Fsp3) is 0.250. The van der Waals surface area contributed by atoms with Crippen molar-refractivity contribution in [3.05, 3.63) is 59.2 Å². The summed E-state index contributed by atoms with van der Waals surface area (Å²) in [5.74, 6) is 0.990. The number of anilines is 5. The van der Waals surface area contributed by atoms with E-state index >= 15 is 0 Å². The molecule has 1 aromatic heterocycles. The number of nitrogens with one attached hydrogen (secondary N) is 2. The first-order valence-corrected chi connectivity index (χ1v) is 9.32. The molecule has 0 atom stereocenters. The lowest BCUT2D eigenvalue weighted by molar-refractivity contribution is 0.865. The number of aryl methyl sites for hydroxylation is 1. The van der Waals surface area contributed by atoms with Gasteiger partial charge in [-0.2, -0.15) is 10.1 Å². The minimum Gasteiger partial charge on any atom is -0.372 e. The van der Waals surface area contributed by atoms with Gasteiger partial charge < -0.3 is 15.5 Å². The van der Waals surface area contributed by atoms with E-state index in [4.69, 9.17) is 11.6 Å². The molecule has 0 saturated carbocycles. The maximum Gasteiger partial charge on any atom is 0.249 e. The van der Waals surface area contributed by atoms with Crippen LogP contribution < -0.4 is 15.5 Å². The van der Waals surface area contributed by atoms with Crippen LogP contribution in [-0.2, 0) is 0 Å². The molecule has 0 amide bonds. The van der Waals surface area contributed by atoms with Gasteiger partial charge in [0, 0.05) is 24.5 Å². The number of hydrogen-bond donors (Lipinski definition) is 2. The third-order valence-corrected chi connectivity index (χ3v) is 4.61. The smallest absolute Gasteiger partial charge is 0.249 e. The standard InChI is InChI=1S/C20H23ClN6/c1-4-27(5-2)15-10-11-17(14(3)12-15)24-20-25-19(13-22-26-20)23-18-9-7-6-8-16(18)21/h6-13H,4-5H2,1-3H3,(H2,23,24,25,26). The Kier molecular flexibility index (Phi) is 6.08. The number of nitrogens with zero attached hydrogens (tertiary/aromatic N) is 4. The molecular formula is C20H23ClN6. The molecule has 0 fully saturated rings. The summed E-state index contributed by atoms with van der Waals surface area (Å²) in [6, 6.07) is 13.8. The number of para-hydroxylation sites is 1. The molecule has 0 spiro atoms. The van der Waals surface area contributed by atoms with E-state index in [-0.39, 0.29) is 0 Å². The molecule has 2 N–H and O–H groups in total. The van der Waals surface area contributed by atoms with E-state index in [9.17, 15) is 0 Å². The van der Waals surface area contributed by atoms with Gasteiger partial charge in [0.15, 0.2) is 5.82 Å². The summed E-state index contributed by atoms with van der Waals surface area (Å²) in [7, 11) is 0. The molecule has 7 heteroatoms. The number of aromatic nitrogens is 3. The van der Waals surface area contributed by atoms with Crippen molar-refractivity contribution < 1.29 is 0 Å². The van der Waals surface area contributed by atoms with Crippen molar-refractivity contribution in [1.29, 1.82) is 0 Å². The Balaban J connectivity index is 1.77. The van der Waals surface area contributed by atoms with Gasteiger partial charge in [-0.05, 0) is 56.7 Å². The second-order valence-electron chi connectivity index (χ2n) is 6.07. The first-order valence-electron chi connectivity index (χ1n) is 8.94. The van der Waals surface area contributed by atoms with Crippen molar-refractivity contribution in [2.24, 2.45) is 0 Å². The fourth-order valence-corrected chi connectivity index (χ4v) is 2.99. The molecule has 0 unspecified atom stereocenters. The lowest BCUT2D eigenvalue weighted by Crippen LogP contribution is -2.21. The van der Waals surface area contributed by atoms with Crippen molar-refractivity contribution in [3.63, 3.8) is 0 Å². The van der Waals surface area contributed by atoms with Crippen molar-refractivity contribution in [1.82, 2.24) is 15.2 Å². The van der Waals surface area contributed by atoms with Crippen LogP contribution in [-0.4, -0.2) is 28.3 Å². The monoisotopic (exact) mass is 382 g/mol. The van der Waals surface area contributed by atoms with E-state index in [0.717, 1.165) is 30.0 Å². The van der Waals surface area contributed by atoms with Gasteiger partial charge >= 0.3 is 0 Å². The molecule has 0 aliphatic heterocycles. The molecule has 0 aliphatic carbocycles. The van der Waals surface area contributed by atoms with Crippen LogP contribution in [0.15, 0.2) is 48.7 Å². The van der Waals surface area contributed by atoms with E-state index in [1.165, 1.54) is 5.69 Å². The van der Waals surface area contributed by atoms with Gasteiger partial charge in [-0.1, -0.05) is 23.7 Å². The summed E-state index contributed by atoms with van der Waals surface area (Å²) >= 11 is 6.18. The maximum atomic E-state index is 6.18. The number of benzene rings is 2. The Bertz CT molecular complexity index is 910. The van der Waals surface area contributed by atoms with Crippen molar-refractivity contribution in [2.45, 2.75) is 20.8 Å². The van der Waals surface area contributed by atoms with Crippen LogP contribution in [0.4, 0.5) is 28.8 Å². The minimum absolute atomic E-state index is 0.422. The largest absolute Gasteiger partial charge is 0.372 e. The topological polar surface area (TPSA) is 66.0 Å². The quantitative estimate of drug-likeness (QED) is 0.587. The van der Waals surface area contributed by atoms with Gasteiger partial charge in [0.05, 0.1) is 16.9 Å². The summed E-state index contributed by atoms with van der Waals surface area (Å²) in [6.07, 6.45) is 1.56. The molecule has 3 rings (SSSR count). The predicted molar refractivity (Wildman–Crippen MR) is 113 cm³/mol. The highest BCUT2D eigenvalue weighted by Gasteiger charge is 2.08. The van der Waals surface area contributed by atoms with Gasteiger partial charge in [-0.25, -0.2) is 0 Å². The summed E-state index contributed by atoms with van der Waals surface area (Å²) < 4.78 is 0. The Morgan fingerprint density at radius 1 is 1.00 bits per heavy atom. The highest BCUT2D eigenvalue weighted by molar-refractivity contribution is 6.33. The first-order chi connectivity index (χ1) is 13.1. The summed E-state index contributed by atoms with van der Waals surface area (Å²) in [5.41, 5.74) is 4.04. The highest BCUT2D eigenvalue weighted by Crippen LogP contribution is 2.26. The van der Waals surface area contributed by atoms with Gasteiger partial charge in [0.25, 0.3) is 0 Å². The Morgan fingerprint density at radius 3 is 2.48 bits per heavy atom. The summed E-state index contributed by atoms with van der Waals surface area (Å²) in [6.45, 7) is 8.33. The Hall–Kier alpha value is -2.86. The second-order valence-corrected chi connectivity index (χ2v) is 6.47. The van der Waals surface area contributed by atoms with Gasteiger partial charge in [-0.3, -0.25) is 0 Å². The predicted octanol–water partition coefficient (Wildman–Crippen LogP) is 5.17. The SMILES string of the molecule is CCN(CC)c1ccc(Nc2nncc(Nc3ccccc3Cl)n2)c(C)c1. The van der Waals surface area contributed by atoms with Crippen molar-refractivity contribution >= 4 is 40.4 Å². The lowest BCUT2D eigenvalue weighted by Gasteiger charge is -2.22. The molecule has 0 radical (unpaired) electrons. The van der Waals surface area contributed by atoms with Crippen LogP contribution in [0.25, 0.3) is 0 Å². The molecule has 27 heavy (non-hydrogen) atoms. The average molecular weight is 383 g/mol. The zero-order chi connectivity index (χ0) is 19.2. The average Bonchev–Trinajstić information content (AvgIpc) is 2.67. The van der Waals surface area contributed by atoms with Crippen LogP contribution in [0.3, 0.4) is 0 Å². The van der Waals surface area contributed by atoms with Crippen molar-refractivity contribution in [2.75, 3.05) is 28.6 Å². The third-order valence-electron chi connectivity index (χ3n) is 4.28. The van der Waals surface area contributed by atoms with Gasteiger partial charge in [-0.15, -0.1) is 5.10 Å². The Morgan fingerprint density at radius 2 is 1.78 bits per heavy atom. The van der Waals surface area contributed by atoms with Crippen LogP contribution in [0.2, 0.25) is 5.02 Å². The van der Waals surface area contributed by atoms with Crippen LogP contribution in [0, 0.1) is 6.92 Å². The van der Waals surface area contributed by atoms with Crippen LogP contribution >= 0.6 is 11.6 Å². The molecule has 0 saturated heterocycles. The van der Waals surface area contributed by atoms with E-state index in [1.807, 2.05) is 30.3 Å². The molecule has 140 valence electrons. The van der Waals surface area contributed by atoms with Gasteiger partial charge in [0.1, 0.15) is 0 Å². The minimum atomic E-state index is 0.422. The molecule has 0 aliphatic rings. The van der Waals surface area contributed by atoms with Gasteiger partial charge in [0.2, 0.25) is 5.95 Å². The third kappa shape index (κ3) is 4.65. The van der Waals surface area contributed by atoms with E-state index in [1.54, 1.807) is 6.20 Å². The van der Waals surface area contributed by atoms with Crippen molar-refractivity contribution in [3.8, 4) is 0 Å². The summed E-state index contributed by atoms with van der Waals surface area (Å²) in [5, 5.41) is 15.1. The van der Waals surface area contributed by atoms with E-state index in [0.29, 0.717) is 16.8 Å². The zero-order valence-corrected chi connectivity index (χ0v) is 16.5. The normalized spacial score (nSPS) is 10.5. The fourth-order valence-electron chi connectivity index (χ4n) is 2.81. The molecule has 6 nitrogen and oxygen atoms in total. The van der Waals surface area contributed by atoms with E-state index in [2.05, 4.69) is 63.6 Å². The lowest BCUT2D eigenvalue weighted by atomic mass is 10.1. The number of rotatable bonds is 7. The number of hydrogen-bond acceptors (Lipinski definition) is 6. The first kappa shape index (κ1) is 18.9. The molecule has 1 heterocycles. The maximum absolute atomic E-state index is 6.18.